The first-order valence-corrected chi connectivity index (χ1v) is 11.6. The van der Waals surface area contributed by atoms with Gasteiger partial charge in [0.25, 0.3) is 0 Å². The van der Waals surface area contributed by atoms with Crippen LogP contribution in [0, 0.1) is 5.92 Å². The number of carbonyl (C=O) groups is 1. The van der Waals surface area contributed by atoms with E-state index in [0.717, 1.165) is 36.1 Å². The summed E-state index contributed by atoms with van der Waals surface area (Å²) in [4.78, 5) is 15.9. The number of halogens is 1. The van der Waals surface area contributed by atoms with Gasteiger partial charge in [0.2, 0.25) is 0 Å². The molecule has 0 spiro atoms. The van der Waals surface area contributed by atoms with Crippen LogP contribution in [-0.4, -0.2) is 58.4 Å². The van der Waals surface area contributed by atoms with Crippen molar-refractivity contribution in [3.63, 3.8) is 0 Å². The van der Waals surface area contributed by atoms with Crippen LogP contribution in [0.2, 0.25) is 0 Å². The molecular formula is C28H27FN2O4. The van der Waals surface area contributed by atoms with E-state index in [1.54, 1.807) is 66.7 Å². The summed E-state index contributed by atoms with van der Waals surface area (Å²) in [5.41, 5.74) is 3.27. The highest BCUT2D eigenvalue weighted by atomic mass is 19.1. The molecule has 0 amide bonds. The van der Waals surface area contributed by atoms with Crippen LogP contribution >= 0.6 is 0 Å². The predicted octanol–water partition coefficient (Wildman–Crippen LogP) is 4.77. The Labute approximate surface area is 202 Å². The standard InChI is InChI=1S/C28H27FN2O4/c1-30-25-14-22(33)8-11-24(25)26(27(30)19-2-6-21(32)7-3-19)28(34)20-4-9-23(10-5-20)35-13-12-31-16-18(15-29)17-31/h2-11,14,18,32-33H,12-13,15-17H2,1H3. The number of fused-ring (bicyclic) bond motifs is 1. The van der Waals surface area contributed by atoms with Crippen molar-refractivity contribution in [2.24, 2.45) is 13.0 Å². The van der Waals surface area contributed by atoms with Gasteiger partial charge in [0.1, 0.15) is 23.9 Å². The zero-order chi connectivity index (χ0) is 24.5. The van der Waals surface area contributed by atoms with Gasteiger partial charge in [-0.15, -0.1) is 0 Å². The molecule has 180 valence electrons. The molecule has 35 heavy (non-hydrogen) atoms. The minimum atomic E-state index is -0.265. The van der Waals surface area contributed by atoms with Gasteiger partial charge >= 0.3 is 0 Å². The number of carbonyl (C=O) groups excluding carboxylic acids is 1. The summed E-state index contributed by atoms with van der Waals surface area (Å²) in [5, 5.41) is 20.5. The second-order valence-electron chi connectivity index (χ2n) is 9.01. The highest BCUT2D eigenvalue weighted by molar-refractivity contribution is 6.20. The van der Waals surface area contributed by atoms with Crippen LogP contribution in [-0.2, 0) is 7.05 Å². The van der Waals surface area contributed by atoms with Gasteiger partial charge in [-0.3, -0.25) is 14.1 Å². The number of nitrogens with zero attached hydrogens (tertiary/aromatic N) is 2. The molecule has 1 fully saturated rings. The van der Waals surface area contributed by atoms with Crippen LogP contribution in [0.5, 0.6) is 17.2 Å². The molecule has 5 rings (SSSR count). The Kier molecular flexibility index (Phi) is 6.17. The van der Waals surface area contributed by atoms with Gasteiger partial charge in [-0.1, -0.05) is 0 Å². The number of aromatic nitrogens is 1. The topological polar surface area (TPSA) is 74.9 Å². The predicted molar refractivity (Wildman–Crippen MR) is 133 cm³/mol. The molecule has 2 N–H and O–H groups in total. The van der Waals surface area contributed by atoms with E-state index in [0.29, 0.717) is 29.2 Å². The summed E-state index contributed by atoms with van der Waals surface area (Å²) in [6, 6.07) is 18.7. The maximum atomic E-state index is 13.7. The van der Waals surface area contributed by atoms with E-state index >= 15 is 0 Å². The molecule has 1 aromatic heterocycles. The van der Waals surface area contributed by atoms with Crippen LogP contribution in [0.4, 0.5) is 4.39 Å². The van der Waals surface area contributed by atoms with E-state index in [1.807, 2.05) is 11.6 Å². The largest absolute Gasteiger partial charge is 0.508 e. The van der Waals surface area contributed by atoms with Crippen molar-refractivity contribution < 1.29 is 24.1 Å². The average molecular weight is 475 g/mol. The number of alkyl halides is 1. The second-order valence-corrected chi connectivity index (χ2v) is 9.01. The Balaban J connectivity index is 1.41. The Bertz CT molecular complexity index is 1360. The molecule has 1 aliphatic rings. The number of aromatic hydroxyl groups is 2. The lowest BCUT2D eigenvalue weighted by atomic mass is 9.97. The third kappa shape index (κ3) is 4.47. The lowest BCUT2D eigenvalue weighted by Crippen LogP contribution is -2.49. The van der Waals surface area contributed by atoms with Crippen molar-refractivity contribution in [1.82, 2.24) is 9.47 Å². The monoisotopic (exact) mass is 474 g/mol. The summed E-state index contributed by atoms with van der Waals surface area (Å²) in [5.74, 6) is 0.948. The molecule has 3 aromatic carbocycles. The molecule has 0 bridgehead atoms. The molecule has 1 aliphatic heterocycles. The SMILES string of the molecule is Cn1c(-c2ccc(O)cc2)c(C(=O)c2ccc(OCCN3CC(CF)C3)cc2)c2ccc(O)cc21. The van der Waals surface area contributed by atoms with E-state index in [9.17, 15) is 19.4 Å². The summed E-state index contributed by atoms with van der Waals surface area (Å²) >= 11 is 0. The molecule has 0 radical (unpaired) electrons. The molecular weight excluding hydrogens is 447 g/mol. The highest BCUT2D eigenvalue weighted by Crippen LogP contribution is 2.36. The van der Waals surface area contributed by atoms with Gasteiger partial charge in [-0.05, 0) is 66.2 Å². The number of likely N-dealkylation sites (tertiary alicyclic amines) is 1. The third-order valence-electron chi connectivity index (χ3n) is 6.60. The molecule has 2 heterocycles. The highest BCUT2D eigenvalue weighted by Gasteiger charge is 2.26. The summed E-state index contributed by atoms with van der Waals surface area (Å²) in [6.07, 6.45) is 0. The number of rotatable bonds is 8. The fraction of sp³-hybridized carbons (Fsp3) is 0.250. The van der Waals surface area contributed by atoms with Crippen molar-refractivity contribution in [1.29, 1.82) is 0 Å². The lowest BCUT2D eigenvalue weighted by Gasteiger charge is -2.37. The normalized spacial score (nSPS) is 14.2. The van der Waals surface area contributed by atoms with E-state index in [4.69, 9.17) is 4.74 Å². The van der Waals surface area contributed by atoms with Crippen LogP contribution in [0.3, 0.4) is 0 Å². The van der Waals surface area contributed by atoms with E-state index in [1.165, 1.54) is 0 Å². The number of ether oxygens (including phenoxy) is 1. The van der Waals surface area contributed by atoms with Gasteiger partial charge in [-0.2, -0.15) is 0 Å². The van der Waals surface area contributed by atoms with Crippen LogP contribution in [0.1, 0.15) is 15.9 Å². The number of benzene rings is 3. The zero-order valence-corrected chi connectivity index (χ0v) is 19.4. The minimum Gasteiger partial charge on any atom is -0.508 e. The van der Waals surface area contributed by atoms with Gasteiger partial charge in [0.15, 0.2) is 5.78 Å². The number of ketones is 1. The fourth-order valence-corrected chi connectivity index (χ4v) is 4.71. The smallest absolute Gasteiger partial charge is 0.195 e. The van der Waals surface area contributed by atoms with Crippen molar-refractivity contribution >= 4 is 16.7 Å². The van der Waals surface area contributed by atoms with Crippen LogP contribution in [0.25, 0.3) is 22.2 Å². The number of aryl methyl sites for hydroxylation is 1. The van der Waals surface area contributed by atoms with Gasteiger partial charge < -0.3 is 19.5 Å². The summed E-state index contributed by atoms with van der Waals surface area (Å²) in [7, 11) is 1.85. The zero-order valence-electron chi connectivity index (χ0n) is 19.4. The van der Waals surface area contributed by atoms with Gasteiger partial charge in [0.05, 0.1) is 23.4 Å². The van der Waals surface area contributed by atoms with Crippen molar-refractivity contribution in [2.45, 2.75) is 0 Å². The van der Waals surface area contributed by atoms with Gasteiger partial charge in [-0.25, -0.2) is 0 Å². The maximum Gasteiger partial charge on any atom is 0.195 e. The van der Waals surface area contributed by atoms with Crippen molar-refractivity contribution in [3.8, 4) is 28.5 Å². The van der Waals surface area contributed by atoms with E-state index in [-0.39, 0.29) is 29.9 Å². The van der Waals surface area contributed by atoms with Crippen molar-refractivity contribution in [3.05, 3.63) is 77.9 Å². The fourth-order valence-electron chi connectivity index (χ4n) is 4.71. The van der Waals surface area contributed by atoms with E-state index < -0.39 is 0 Å². The molecule has 1 saturated heterocycles. The molecule has 0 atom stereocenters. The number of phenols is 2. The number of hydrogen-bond acceptors (Lipinski definition) is 5. The molecule has 6 nitrogen and oxygen atoms in total. The van der Waals surface area contributed by atoms with E-state index in [2.05, 4.69) is 4.90 Å². The number of phenolic OH excluding ortho intramolecular Hbond substituents is 2. The third-order valence-corrected chi connectivity index (χ3v) is 6.60. The minimum absolute atomic E-state index is 0.120. The average Bonchev–Trinajstić information content (AvgIpc) is 3.12. The second kappa shape index (κ2) is 9.43. The molecule has 7 heteroatoms. The molecule has 0 unspecified atom stereocenters. The maximum absolute atomic E-state index is 13.7. The summed E-state index contributed by atoms with van der Waals surface area (Å²) in [6.45, 7) is 2.54. The lowest BCUT2D eigenvalue weighted by molar-refractivity contribution is 0.0668. The van der Waals surface area contributed by atoms with Crippen LogP contribution < -0.4 is 4.74 Å². The Morgan fingerprint density at radius 2 is 1.69 bits per heavy atom. The molecule has 0 saturated carbocycles. The number of hydrogen-bond donors (Lipinski definition) is 2. The first-order valence-electron chi connectivity index (χ1n) is 11.6. The molecule has 0 aliphatic carbocycles. The first-order chi connectivity index (χ1) is 16.9. The van der Waals surface area contributed by atoms with Crippen LogP contribution in [0.15, 0.2) is 66.7 Å². The quantitative estimate of drug-likeness (QED) is 0.360. The Morgan fingerprint density at radius 1 is 1.00 bits per heavy atom. The Hall–Kier alpha value is -3.84. The first kappa shape index (κ1) is 22.9. The van der Waals surface area contributed by atoms with Gasteiger partial charge in [0, 0.05) is 49.6 Å². The van der Waals surface area contributed by atoms with Crippen molar-refractivity contribution in [2.75, 3.05) is 32.9 Å². The summed E-state index contributed by atoms with van der Waals surface area (Å²) < 4.78 is 20.3. The Morgan fingerprint density at radius 3 is 2.37 bits per heavy atom. The molecule has 4 aromatic rings.